The van der Waals surface area contributed by atoms with Crippen molar-refractivity contribution in [1.29, 1.82) is 0 Å². The van der Waals surface area contributed by atoms with Crippen molar-refractivity contribution in [3.63, 3.8) is 0 Å². The molecule has 2 fully saturated rings. The molecule has 0 heterocycles. The number of nitrogens with zero attached hydrogens (tertiary/aromatic N) is 1. The quantitative estimate of drug-likeness (QED) is 0.251. The van der Waals surface area contributed by atoms with Gasteiger partial charge in [-0.25, -0.2) is 0 Å². The lowest BCUT2D eigenvalue weighted by Gasteiger charge is -2.32. The highest BCUT2D eigenvalue weighted by Crippen LogP contribution is 2.31. The van der Waals surface area contributed by atoms with Gasteiger partial charge in [-0.1, -0.05) is 39.2 Å². The zero-order chi connectivity index (χ0) is 21.5. The monoisotopic (exact) mass is 409 g/mol. The van der Waals surface area contributed by atoms with E-state index in [1.54, 1.807) is 0 Å². The molecule has 0 aromatic rings. The Morgan fingerprint density at radius 2 is 1.55 bits per heavy atom. The summed E-state index contributed by atoms with van der Waals surface area (Å²) >= 11 is 0. The standard InChI is InChI=1S/C19H36O2.C6H11NO/c1-3-4-5-6-16-7-13-19(14-8-16)21-15-17-9-11-18(20-2)12-10-17;1-6(5-8)4-7(2)3/h16-19H,3-15H2,1-2H3;5H,1,4H2,2-3H3. The smallest absolute Gasteiger partial charge is 0.146 e. The summed E-state index contributed by atoms with van der Waals surface area (Å²) in [6, 6.07) is 0. The molecule has 0 aromatic heterocycles. The summed E-state index contributed by atoms with van der Waals surface area (Å²) in [7, 11) is 5.64. The highest BCUT2D eigenvalue weighted by molar-refractivity contribution is 5.72. The first-order chi connectivity index (χ1) is 14.0. The van der Waals surface area contributed by atoms with E-state index in [1.165, 1.54) is 77.0 Å². The lowest BCUT2D eigenvalue weighted by molar-refractivity contribution is -0.105. The first-order valence-electron chi connectivity index (χ1n) is 11.9. The van der Waals surface area contributed by atoms with Crippen LogP contribution in [0, 0.1) is 11.8 Å². The molecule has 0 radical (unpaired) electrons. The lowest BCUT2D eigenvalue weighted by Crippen LogP contribution is -2.27. The van der Waals surface area contributed by atoms with Crippen molar-refractivity contribution >= 4 is 6.29 Å². The molecule has 0 unspecified atom stereocenters. The molecule has 4 heteroatoms. The van der Waals surface area contributed by atoms with Crippen molar-refractivity contribution in [3.05, 3.63) is 12.2 Å². The van der Waals surface area contributed by atoms with Gasteiger partial charge < -0.3 is 14.4 Å². The first kappa shape index (κ1) is 26.3. The molecule has 170 valence electrons. The average Bonchev–Trinajstić information content (AvgIpc) is 2.73. The molecule has 2 rings (SSSR count). The van der Waals surface area contributed by atoms with Crippen molar-refractivity contribution in [2.75, 3.05) is 34.4 Å². The second-order valence-electron chi connectivity index (χ2n) is 9.36. The van der Waals surface area contributed by atoms with Crippen LogP contribution in [-0.4, -0.2) is 57.8 Å². The van der Waals surface area contributed by atoms with Crippen molar-refractivity contribution in [2.45, 2.75) is 96.2 Å². The average molecular weight is 410 g/mol. The number of unbranched alkanes of at least 4 members (excludes halogenated alkanes) is 2. The van der Waals surface area contributed by atoms with E-state index in [1.807, 2.05) is 26.1 Å². The molecule has 2 aliphatic carbocycles. The summed E-state index contributed by atoms with van der Waals surface area (Å²) in [5.41, 5.74) is 0.620. The number of hydrogen-bond donors (Lipinski definition) is 0. The highest BCUT2D eigenvalue weighted by Gasteiger charge is 2.24. The summed E-state index contributed by atoms with van der Waals surface area (Å²) in [6.07, 6.45) is 18.0. The van der Waals surface area contributed by atoms with Gasteiger partial charge in [0.25, 0.3) is 0 Å². The SMILES string of the molecule is C=C(C=O)CN(C)C.CCCCCC1CCC(OCC2CCC(OC)CC2)CC1. The normalized spacial score (nSPS) is 27.2. The number of likely N-dealkylation sites (N-methyl/N-ethyl adjacent to an activating group) is 1. The van der Waals surface area contributed by atoms with E-state index >= 15 is 0 Å². The van der Waals surface area contributed by atoms with E-state index in [4.69, 9.17) is 9.47 Å². The summed E-state index contributed by atoms with van der Waals surface area (Å²) < 4.78 is 11.7. The zero-order valence-electron chi connectivity index (χ0n) is 19.7. The largest absolute Gasteiger partial charge is 0.381 e. The second kappa shape index (κ2) is 16.0. The minimum Gasteiger partial charge on any atom is -0.381 e. The maximum Gasteiger partial charge on any atom is 0.146 e. The van der Waals surface area contributed by atoms with E-state index in [9.17, 15) is 4.79 Å². The van der Waals surface area contributed by atoms with Crippen LogP contribution in [-0.2, 0) is 14.3 Å². The van der Waals surface area contributed by atoms with Crippen LogP contribution in [0.1, 0.15) is 84.0 Å². The Balaban J connectivity index is 0.000000447. The molecule has 4 nitrogen and oxygen atoms in total. The van der Waals surface area contributed by atoms with Crippen LogP contribution in [0.5, 0.6) is 0 Å². The lowest BCUT2D eigenvalue weighted by atomic mass is 9.84. The van der Waals surface area contributed by atoms with Crippen LogP contribution in [0.15, 0.2) is 12.2 Å². The fourth-order valence-electron chi connectivity index (χ4n) is 4.52. The minimum atomic E-state index is 0.514. The number of carbonyl (C=O) groups is 1. The fraction of sp³-hybridized carbons (Fsp3) is 0.880. The topological polar surface area (TPSA) is 38.8 Å². The molecule has 0 bridgehead atoms. The maximum absolute atomic E-state index is 9.91. The van der Waals surface area contributed by atoms with Crippen LogP contribution >= 0.6 is 0 Å². The van der Waals surface area contributed by atoms with Crippen molar-refractivity contribution in [3.8, 4) is 0 Å². The van der Waals surface area contributed by atoms with Gasteiger partial charge in [0.15, 0.2) is 0 Å². The minimum absolute atomic E-state index is 0.514. The summed E-state index contributed by atoms with van der Waals surface area (Å²) in [5.74, 6) is 1.78. The third-order valence-electron chi connectivity index (χ3n) is 6.39. The Morgan fingerprint density at radius 3 is 2.03 bits per heavy atom. The Bertz CT molecular complexity index is 422. The van der Waals surface area contributed by atoms with E-state index in [-0.39, 0.29) is 0 Å². The molecule has 0 spiro atoms. The molecule has 0 N–H and O–H groups in total. The van der Waals surface area contributed by atoms with Crippen LogP contribution < -0.4 is 0 Å². The summed E-state index contributed by atoms with van der Waals surface area (Å²) in [4.78, 5) is 11.8. The molecule has 0 amide bonds. The number of hydrogen-bond acceptors (Lipinski definition) is 4. The van der Waals surface area contributed by atoms with Gasteiger partial charge in [0.05, 0.1) is 12.2 Å². The predicted octanol–water partition coefficient (Wildman–Crippen LogP) is 5.65. The van der Waals surface area contributed by atoms with Gasteiger partial charge in [0.2, 0.25) is 0 Å². The third-order valence-corrected chi connectivity index (χ3v) is 6.39. The van der Waals surface area contributed by atoms with Gasteiger partial charge in [-0.3, -0.25) is 4.79 Å². The van der Waals surface area contributed by atoms with Crippen LogP contribution in [0.4, 0.5) is 0 Å². The van der Waals surface area contributed by atoms with Gasteiger partial charge in [-0.15, -0.1) is 0 Å². The second-order valence-corrected chi connectivity index (χ2v) is 9.36. The predicted molar refractivity (Wildman–Crippen MR) is 122 cm³/mol. The molecule has 0 atom stereocenters. The molecule has 2 aliphatic rings. The molecule has 0 aliphatic heterocycles. The van der Waals surface area contributed by atoms with E-state index in [0.29, 0.717) is 24.3 Å². The van der Waals surface area contributed by atoms with E-state index in [0.717, 1.165) is 24.7 Å². The Hall–Kier alpha value is -0.710. The zero-order valence-corrected chi connectivity index (χ0v) is 19.7. The van der Waals surface area contributed by atoms with Gasteiger partial charge in [-0.2, -0.15) is 0 Å². The summed E-state index contributed by atoms with van der Waals surface area (Å²) in [5, 5.41) is 0. The van der Waals surface area contributed by atoms with Crippen LogP contribution in [0.3, 0.4) is 0 Å². The first-order valence-corrected chi connectivity index (χ1v) is 11.9. The van der Waals surface area contributed by atoms with E-state index < -0.39 is 0 Å². The summed E-state index contributed by atoms with van der Waals surface area (Å²) in [6.45, 7) is 7.46. The molecular weight excluding hydrogens is 362 g/mol. The number of aldehydes is 1. The van der Waals surface area contributed by atoms with Gasteiger partial charge in [0.1, 0.15) is 6.29 Å². The Labute approximate surface area is 180 Å². The molecular formula is C25H47NO3. The van der Waals surface area contributed by atoms with Crippen LogP contribution in [0.25, 0.3) is 0 Å². The molecule has 2 saturated carbocycles. The van der Waals surface area contributed by atoms with Gasteiger partial charge >= 0.3 is 0 Å². The number of methoxy groups -OCH3 is 1. The van der Waals surface area contributed by atoms with Gasteiger partial charge in [-0.05, 0) is 82.9 Å². The number of ether oxygens (including phenoxy) is 2. The Kier molecular flexibility index (Phi) is 14.6. The molecule has 29 heavy (non-hydrogen) atoms. The van der Waals surface area contributed by atoms with E-state index in [2.05, 4.69) is 13.5 Å². The number of rotatable bonds is 11. The Morgan fingerprint density at radius 1 is 0.966 bits per heavy atom. The molecule has 0 saturated heterocycles. The maximum atomic E-state index is 9.91. The van der Waals surface area contributed by atoms with Gasteiger partial charge in [0, 0.05) is 20.3 Å². The fourth-order valence-corrected chi connectivity index (χ4v) is 4.52. The third kappa shape index (κ3) is 12.6. The highest BCUT2D eigenvalue weighted by atomic mass is 16.5. The number of carbonyl (C=O) groups excluding carboxylic acids is 1. The van der Waals surface area contributed by atoms with Crippen molar-refractivity contribution in [2.24, 2.45) is 11.8 Å². The molecule has 0 aromatic carbocycles. The van der Waals surface area contributed by atoms with Crippen molar-refractivity contribution in [1.82, 2.24) is 4.90 Å². The van der Waals surface area contributed by atoms with Crippen LogP contribution in [0.2, 0.25) is 0 Å². The van der Waals surface area contributed by atoms with Crippen molar-refractivity contribution < 1.29 is 14.3 Å².